The van der Waals surface area contributed by atoms with Crippen molar-refractivity contribution in [3.05, 3.63) is 29.8 Å². The van der Waals surface area contributed by atoms with Crippen molar-refractivity contribution in [2.75, 3.05) is 34.2 Å². The minimum Gasteiger partial charge on any atom is -0.389 e. The Balaban J connectivity index is 2.96. The predicted molar refractivity (Wildman–Crippen MR) is 85.3 cm³/mol. The first kappa shape index (κ1) is 17.0. The SMILES string of the molecule is CN(C)CCCN(C)S(=O)(=O)c1ccccc1C(N)=S. The van der Waals surface area contributed by atoms with Crippen LogP contribution < -0.4 is 5.73 Å². The molecule has 0 aliphatic heterocycles. The average molecular weight is 315 g/mol. The molecule has 0 fully saturated rings. The first-order valence-electron chi connectivity index (χ1n) is 6.26. The molecule has 0 heterocycles. The van der Waals surface area contributed by atoms with Crippen molar-refractivity contribution in [3.63, 3.8) is 0 Å². The number of sulfonamides is 1. The minimum atomic E-state index is -3.57. The molecule has 1 rings (SSSR count). The van der Waals surface area contributed by atoms with Crippen LogP contribution in [-0.4, -0.2) is 56.8 Å². The van der Waals surface area contributed by atoms with Crippen LogP contribution >= 0.6 is 12.2 Å². The molecule has 1 aromatic rings. The summed E-state index contributed by atoms with van der Waals surface area (Å²) in [5, 5.41) is 0. The van der Waals surface area contributed by atoms with E-state index in [0.29, 0.717) is 12.1 Å². The van der Waals surface area contributed by atoms with Gasteiger partial charge in [-0.2, -0.15) is 0 Å². The van der Waals surface area contributed by atoms with E-state index in [0.717, 1.165) is 13.0 Å². The Morgan fingerprint density at radius 3 is 2.35 bits per heavy atom. The van der Waals surface area contributed by atoms with E-state index in [-0.39, 0.29) is 9.88 Å². The van der Waals surface area contributed by atoms with Gasteiger partial charge in [-0.05, 0) is 33.1 Å². The molecule has 112 valence electrons. The maximum Gasteiger partial charge on any atom is 0.243 e. The van der Waals surface area contributed by atoms with Gasteiger partial charge >= 0.3 is 0 Å². The lowest BCUT2D eigenvalue weighted by atomic mass is 10.2. The monoisotopic (exact) mass is 315 g/mol. The van der Waals surface area contributed by atoms with E-state index in [2.05, 4.69) is 0 Å². The van der Waals surface area contributed by atoms with Crippen molar-refractivity contribution in [3.8, 4) is 0 Å². The molecule has 2 N–H and O–H groups in total. The maximum atomic E-state index is 12.5. The second kappa shape index (κ2) is 7.12. The van der Waals surface area contributed by atoms with E-state index in [4.69, 9.17) is 18.0 Å². The third kappa shape index (κ3) is 4.24. The zero-order valence-electron chi connectivity index (χ0n) is 12.0. The van der Waals surface area contributed by atoms with Gasteiger partial charge in [0.05, 0.1) is 4.90 Å². The Kier molecular flexibility index (Phi) is 6.07. The highest BCUT2D eigenvalue weighted by atomic mass is 32.2. The van der Waals surface area contributed by atoms with Crippen LogP contribution in [0, 0.1) is 0 Å². The Morgan fingerprint density at radius 1 is 1.20 bits per heavy atom. The van der Waals surface area contributed by atoms with Gasteiger partial charge in [0, 0.05) is 19.2 Å². The third-order valence-corrected chi connectivity index (χ3v) is 5.05. The first-order chi connectivity index (χ1) is 9.26. The molecule has 1 aromatic carbocycles. The summed E-state index contributed by atoms with van der Waals surface area (Å²) >= 11 is 4.91. The summed E-state index contributed by atoms with van der Waals surface area (Å²) in [7, 11) is 1.92. The highest BCUT2D eigenvalue weighted by molar-refractivity contribution is 7.89. The van der Waals surface area contributed by atoms with Gasteiger partial charge in [-0.1, -0.05) is 30.4 Å². The highest BCUT2D eigenvalue weighted by Crippen LogP contribution is 2.19. The molecule has 0 radical (unpaired) electrons. The van der Waals surface area contributed by atoms with Gasteiger partial charge in [-0.25, -0.2) is 12.7 Å². The predicted octanol–water partition coefficient (Wildman–Crippen LogP) is 0.893. The van der Waals surface area contributed by atoms with Crippen LogP contribution in [0.25, 0.3) is 0 Å². The first-order valence-corrected chi connectivity index (χ1v) is 8.11. The van der Waals surface area contributed by atoms with Gasteiger partial charge < -0.3 is 10.6 Å². The number of rotatable bonds is 7. The fraction of sp³-hybridized carbons (Fsp3) is 0.462. The van der Waals surface area contributed by atoms with E-state index in [1.165, 1.54) is 10.4 Å². The Hall–Kier alpha value is -1.02. The molecule has 0 atom stereocenters. The summed E-state index contributed by atoms with van der Waals surface area (Å²) in [4.78, 5) is 2.27. The number of nitrogens with zero attached hydrogens (tertiary/aromatic N) is 2. The summed E-state index contributed by atoms with van der Waals surface area (Å²) in [5.74, 6) is 0. The standard InChI is InChI=1S/C13H21N3O2S2/c1-15(2)9-6-10-16(3)20(17,18)12-8-5-4-7-11(12)13(14)19/h4-5,7-8H,6,9-10H2,1-3H3,(H2,14,19). The Bertz CT molecular complexity index is 571. The normalized spacial score (nSPS) is 12.1. The lowest BCUT2D eigenvalue weighted by molar-refractivity contribution is 0.370. The molecule has 20 heavy (non-hydrogen) atoms. The molecule has 0 unspecified atom stereocenters. The fourth-order valence-corrected chi connectivity index (χ4v) is 3.45. The molecule has 0 spiro atoms. The summed E-state index contributed by atoms with van der Waals surface area (Å²) in [6.45, 7) is 1.28. The number of hydrogen-bond donors (Lipinski definition) is 1. The Morgan fingerprint density at radius 2 is 1.80 bits per heavy atom. The van der Waals surface area contributed by atoms with E-state index < -0.39 is 10.0 Å². The lowest BCUT2D eigenvalue weighted by Gasteiger charge is -2.20. The molecular formula is C13H21N3O2S2. The molecule has 0 aliphatic carbocycles. The number of nitrogens with two attached hydrogens (primary N) is 1. The van der Waals surface area contributed by atoms with E-state index in [1.54, 1.807) is 25.2 Å². The molecule has 0 bridgehead atoms. The maximum absolute atomic E-state index is 12.5. The second-order valence-electron chi connectivity index (χ2n) is 4.84. The number of thiocarbonyl (C=S) groups is 1. The van der Waals surface area contributed by atoms with Crippen LogP contribution in [0.5, 0.6) is 0 Å². The van der Waals surface area contributed by atoms with Gasteiger partial charge in [-0.3, -0.25) is 0 Å². The van der Waals surface area contributed by atoms with Crippen molar-refractivity contribution in [2.45, 2.75) is 11.3 Å². The third-order valence-electron chi connectivity index (χ3n) is 2.92. The van der Waals surface area contributed by atoms with Crippen molar-refractivity contribution in [2.24, 2.45) is 5.73 Å². The lowest BCUT2D eigenvalue weighted by Crippen LogP contribution is -2.31. The molecule has 0 saturated carbocycles. The molecule has 0 aromatic heterocycles. The Labute approximate surface area is 126 Å². The summed E-state index contributed by atoms with van der Waals surface area (Å²) in [6.07, 6.45) is 0.762. The highest BCUT2D eigenvalue weighted by Gasteiger charge is 2.24. The van der Waals surface area contributed by atoms with Crippen molar-refractivity contribution in [1.82, 2.24) is 9.21 Å². The van der Waals surface area contributed by atoms with E-state index in [1.807, 2.05) is 19.0 Å². The van der Waals surface area contributed by atoms with Gasteiger partial charge in [0.1, 0.15) is 4.99 Å². The van der Waals surface area contributed by atoms with Gasteiger partial charge in [0.15, 0.2) is 0 Å². The van der Waals surface area contributed by atoms with Crippen molar-refractivity contribution < 1.29 is 8.42 Å². The molecule has 5 nitrogen and oxygen atoms in total. The largest absolute Gasteiger partial charge is 0.389 e. The molecule has 0 amide bonds. The molecule has 7 heteroatoms. The summed E-state index contributed by atoms with van der Waals surface area (Å²) in [5.41, 5.74) is 5.98. The minimum absolute atomic E-state index is 0.0888. The van der Waals surface area contributed by atoms with Crippen LogP contribution in [0.3, 0.4) is 0 Å². The molecular weight excluding hydrogens is 294 g/mol. The smallest absolute Gasteiger partial charge is 0.243 e. The summed E-state index contributed by atoms with van der Waals surface area (Å²) < 4.78 is 26.4. The van der Waals surface area contributed by atoms with Crippen LogP contribution in [0.1, 0.15) is 12.0 Å². The van der Waals surface area contributed by atoms with Crippen molar-refractivity contribution in [1.29, 1.82) is 0 Å². The van der Waals surface area contributed by atoms with Crippen LogP contribution in [-0.2, 0) is 10.0 Å². The quantitative estimate of drug-likeness (QED) is 0.757. The fourth-order valence-electron chi connectivity index (χ4n) is 1.79. The topological polar surface area (TPSA) is 66.6 Å². The van der Waals surface area contributed by atoms with E-state index in [9.17, 15) is 8.42 Å². The number of benzene rings is 1. The zero-order chi connectivity index (χ0) is 15.3. The average Bonchev–Trinajstić information content (AvgIpc) is 2.38. The molecule has 0 saturated heterocycles. The van der Waals surface area contributed by atoms with Crippen LogP contribution in [0.15, 0.2) is 29.2 Å². The molecule has 0 aliphatic rings. The second-order valence-corrected chi connectivity index (χ2v) is 7.30. The van der Waals surface area contributed by atoms with Crippen molar-refractivity contribution >= 4 is 27.2 Å². The number of hydrogen-bond acceptors (Lipinski definition) is 4. The van der Waals surface area contributed by atoms with Crippen LogP contribution in [0.2, 0.25) is 0 Å². The van der Waals surface area contributed by atoms with Gasteiger partial charge in [0.25, 0.3) is 0 Å². The van der Waals surface area contributed by atoms with Gasteiger partial charge in [0.2, 0.25) is 10.0 Å². The summed E-state index contributed by atoms with van der Waals surface area (Å²) in [6, 6.07) is 6.55. The van der Waals surface area contributed by atoms with E-state index >= 15 is 0 Å². The van der Waals surface area contributed by atoms with Gasteiger partial charge in [-0.15, -0.1) is 0 Å². The zero-order valence-corrected chi connectivity index (χ0v) is 13.7. The van der Waals surface area contributed by atoms with Crippen LogP contribution in [0.4, 0.5) is 0 Å².